The van der Waals surface area contributed by atoms with E-state index in [0.29, 0.717) is 6.42 Å². The molecule has 20 heavy (non-hydrogen) atoms. The van der Waals surface area contributed by atoms with E-state index in [-0.39, 0.29) is 11.3 Å². The summed E-state index contributed by atoms with van der Waals surface area (Å²) in [6.07, 6.45) is 2.26. The molecule has 0 radical (unpaired) electrons. The van der Waals surface area contributed by atoms with Crippen molar-refractivity contribution in [3.63, 3.8) is 0 Å². The van der Waals surface area contributed by atoms with Crippen molar-refractivity contribution in [1.29, 1.82) is 0 Å². The van der Waals surface area contributed by atoms with Crippen LogP contribution in [0.5, 0.6) is 0 Å². The summed E-state index contributed by atoms with van der Waals surface area (Å²) in [6.45, 7) is 7.66. The summed E-state index contributed by atoms with van der Waals surface area (Å²) >= 11 is 5.04. The van der Waals surface area contributed by atoms with Crippen LogP contribution in [-0.4, -0.2) is 32.9 Å². The third-order valence-corrected chi connectivity index (χ3v) is 4.83. The van der Waals surface area contributed by atoms with Gasteiger partial charge in [0.15, 0.2) is 0 Å². The third-order valence-electron chi connectivity index (χ3n) is 2.81. The fourth-order valence-electron chi connectivity index (χ4n) is 2.11. The van der Waals surface area contributed by atoms with Crippen molar-refractivity contribution in [2.45, 2.75) is 56.0 Å². The molecule has 0 bridgehead atoms. The molecule has 1 heterocycles. The Balaban J connectivity index is 2.74. The highest BCUT2D eigenvalue weighted by Gasteiger charge is 2.35. The molecule has 0 spiro atoms. The molecule has 0 aliphatic heterocycles. The van der Waals surface area contributed by atoms with Gasteiger partial charge in [-0.2, -0.15) is 0 Å². The van der Waals surface area contributed by atoms with Crippen LogP contribution in [0.1, 0.15) is 34.1 Å². The first-order valence-corrected chi connectivity index (χ1v) is 8.20. The summed E-state index contributed by atoms with van der Waals surface area (Å²) < 4.78 is 0.936. The number of carboxylic acids is 1. The van der Waals surface area contributed by atoms with E-state index in [0.717, 1.165) is 9.50 Å². The Kier molecular flexibility index (Phi) is 6.48. The average Bonchev–Trinajstić information content (AvgIpc) is 2.30. The number of rotatable bonds is 7. The molecule has 0 aliphatic rings. The zero-order valence-corrected chi connectivity index (χ0v) is 14.6. The summed E-state index contributed by atoms with van der Waals surface area (Å²) in [5.74, 6) is -0.821. The number of carboxylic acid groups (broad SMARTS) is 1. The molecule has 0 amide bonds. The maximum absolute atomic E-state index is 11.5. The van der Waals surface area contributed by atoms with Gasteiger partial charge in [0.2, 0.25) is 0 Å². The smallest absolute Gasteiger partial charge is 0.323 e. The lowest BCUT2D eigenvalue weighted by Crippen LogP contribution is -2.53. The van der Waals surface area contributed by atoms with Crippen LogP contribution < -0.4 is 5.32 Å². The van der Waals surface area contributed by atoms with Gasteiger partial charge in [-0.05, 0) is 55.3 Å². The van der Waals surface area contributed by atoms with Gasteiger partial charge in [0.25, 0.3) is 0 Å². The molecule has 2 N–H and O–H groups in total. The van der Waals surface area contributed by atoms with Crippen molar-refractivity contribution in [3.05, 3.63) is 22.8 Å². The van der Waals surface area contributed by atoms with Crippen molar-refractivity contribution < 1.29 is 9.90 Å². The lowest BCUT2D eigenvalue weighted by Gasteiger charge is -2.31. The molecular weight excluding hydrogens is 340 g/mol. The Hall–Kier alpha value is -0.590. The van der Waals surface area contributed by atoms with Gasteiger partial charge in [-0.1, -0.05) is 6.92 Å². The minimum Gasteiger partial charge on any atom is -0.480 e. The van der Waals surface area contributed by atoms with Gasteiger partial charge in [0, 0.05) is 22.0 Å². The van der Waals surface area contributed by atoms with Gasteiger partial charge in [0.05, 0.1) is 0 Å². The van der Waals surface area contributed by atoms with Crippen LogP contribution in [0.4, 0.5) is 0 Å². The number of aliphatic carboxylic acids is 1. The number of nitrogens with zero attached hydrogens (tertiary/aromatic N) is 1. The summed E-state index contributed by atoms with van der Waals surface area (Å²) in [5.41, 5.74) is -0.929. The largest absolute Gasteiger partial charge is 0.480 e. The van der Waals surface area contributed by atoms with Crippen molar-refractivity contribution in [1.82, 2.24) is 10.3 Å². The summed E-state index contributed by atoms with van der Waals surface area (Å²) in [6, 6.07) is 3.92. The van der Waals surface area contributed by atoms with Gasteiger partial charge in [0.1, 0.15) is 10.6 Å². The normalized spacial score (nSPS) is 15.9. The number of carbonyl (C=O) groups is 1. The number of halogens is 1. The Morgan fingerprint density at radius 1 is 1.55 bits per heavy atom. The zero-order valence-electron chi connectivity index (χ0n) is 12.2. The molecule has 0 aromatic carbocycles. The van der Waals surface area contributed by atoms with Crippen molar-refractivity contribution >= 4 is 33.7 Å². The van der Waals surface area contributed by atoms with Crippen molar-refractivity contribution in [2.24, 2.45) is 0 Å². The molecule has 4 nitrogen and oxygen atoms in total. The maximum Gasteiger partial charge on any atom is 0.323 e. The summed E-state index contributed by atoms with van der Waals surface area (Å²) in [7, 11) is 0. The first-order valence-electron chi connectivity index (χ1n) is 6.53. The van der Waals surface area contributed by atoms with E-state index in [9.17, 15) is 9.90 Å². The molecule has 2 unspecified atom stereocenters. The molecule has 0 aliphatic carbocycles. The van der Waals surface area contributed by atoms with Gasteiger partial charge >= 0.3 is 5.97 Å². The molecule has 1 rings (SSSR count). The van der Waals surface area contributed by atoms with Crippen LogP contribution in [0.3, 0.4) is 0 Å². The Morgan fingerprint density at radius 2 is 2.20 bits per heavy atom. The van der Waals surface area contributed by atoms with E-state index in [2.05, 4.69) is 26.2 Å². The molecule has 0 fully saturated rings. The highest BCUT2D eigenvalue weighted by Crippen LogP contribution is 2.32. The summed E-state index contributed by atoms with van der Waals surface area (Å²) in [5, 5.41) is 13.6. The Morgan fingerprint density at radius 3 is 2.70 bits per heavy atom. The Labute approximate surface area is 132 Å². The molecule has 112 valence electrons. The van der Waals surface area contributed by atoms with Crippen LogP contribution in [-0.2, 0) is 4.79 Å². The molecule has 0 saturated carbocycles. The monoisotopic (exact) mass is 360 g/mol. The standard InChI is InChI=1S/C14H21BrN2O2S/c1-9(2)17-14(4,13(18)19)8-10(3)20-12-11(15)6-5-7-16-12/h5-7,9-10,17H,8H2,1-4H3,(H,18,19). The van der Waals surface area contributed by atoms with E-state index in [1.807, 2.05) is 32.9 Å². The topological polar surface area (TPSA) is 62.2 Å². The number of hydrogen-bond donors (Lipinski definition) is 2. The predicted octanol–water partition coefficient (Wildman–Crippen LogP) is 3.56. The quantitative estimate of drug-likeness (QED) is 0.728. The second-order valence-corrected chi connectivity index (χ2v) is 7.64. The Bertz CT molecular complexity index is 470. The first-order chi connectivity index (χ1) is 9.24. The lowest BCUT2D eigenvalue weighted by molar-refractivity contribution is -0.144. The van der Waals surface area contributed by atoms with Gasteiger partial charge in [-0.3, -0.25) is 10.1 Å². The second-order valence-electron chi connectivity index (χ2n) is 5.36. The SMILES string of the molecule is CC(C)NC(C)(CC(C)Sc1ncccc1Br)C(=O)O. The van der Waals surface area contributed by atoms with Crippen molar-refractivity contribution in [3.8, 4) is 0 Å². The number of hydrogen-bond acceptors (Lipinski definition) is 4. The molecule has 1 aromatic rings. The van der Waals surface area contributed by atoms with Crippen LogP contribution >= 0.6 is 27.7 Å². The minimum atomic E-state index is -0.929. The van der Waals surface area contributed by atoms with E-state index >= 15 is 0 Å². The number of nitrogens with one attached hydrogen (secondary N) is 1. The second kappa shape index (κ2) is 7.43. The average molecular weight is 361 g/mol. The minimum absolute atomic E-state index is 0.120. The molecule has 6 heteroatoms. The first kappa shape index (κ1) is 17.5. The van der Waals surface area contributed by atoms with E-state index in [4.69, 9.17) is 0 Å². The molecule has 2 atom stereocenters. The highest BCUT2D eigenvalue weighted by molar-refractivity contribution is 9.10. The fourth-order valence-corrected chi connectivity index (χ4v) is 3.75. The lowest BCUT2D eigenvalue weighted by atomic mass is 9.95. The number of thioether (sulfide) groups is 1. The number of aromatic nitrogens is 1. The van der Waals surface area contributed by atoms with Crippen LogP contribution in [0.25, 0.3) is 0 Å². The van der Waals surface area contributed by atoms with Gasteiger partial charge in [-0.15, -0.1) is 11.8 Å². The van der Waals surface area contributed by atoms with Gasteiger partial charge in [-0.25, -0.2) is 4.98 Å². The van der Waals surface area contributed by atoms with Crippen LogP contribution in [0.2, 0.25) is 0 Å². The molecular formula is C14H21BrN2O2S. The van der Waals surface area contributed by atoms with E-state index < -0.39 is 11.5 Å². The fraction of sp³-hybridized carbons (Fsp3) is 0.571. The maximum atomic E-state index is 11.5. The van der Waals surface area contributed by atoms with Crippen molar-refractivity contribution in [2.75, 3.05) is 0 Å². The molecule has 0 saturated heterocycles. The van der Waals surface area contributed by atoms with E-state index in [1.54, 1.807) is 24.9 Å². The van der Waals surface area contributed by atoms with Gasteiger partial charge < -0.3 is 5.11 Å². The van der Waals surface area contributed by atoms with Crippen LogP contribution in [0, 0.1) is 0 Å². The number of pyridine rings is 1. The van der Waals surface area contributed by atoms with E-state index in [1.165, 1.54) is 0 Å². The molecule has 1 aromatic heterocycles. The third kappa shape index (κ3) is 5.07. The highest BCUT2D eigenvalue weighted by atomic mass is 79.9. The predicted molar refractivity (Wildman–Crippen MR) is 86.2 cm³/mol. The zero-order chi connectivity index (χ0) is 15.3. The summed E-state index contributed by atoms with van der Waals surface area (Å²) in [4.78, 5) is 15.8. The van der Waals surface area contributed by atoms with Crippen LogP contribution in [0.15, 0.2) is 27.8 Å².